The first kappa shape index (κ1) is 17.5. The van der Waals surface area contributed by atoms with E-state index < -0.39 is 0 Å². The van der Waals surface area contributed by atoms with Crippen LogP contribution in [0.4, 0.5) is 0 Å². The lowest BCUT2D eigenvalue weighted by molar-refractivity contribution is -0.141. The molecule has 7 heteroatoms. The van der Waals surface area contributed by atoms with Crippen molar-refractivity contribution in [2.24, 2.45) is 0 Å². The lowest BCUT2D eigenvalue weighted by atomic mass is 10.1. The van der Waals surface area contributed by atoms with Crippen molar-refractivity contribution in [2.45, 2.75) is 12.5 Å². The summed E-state index contributed by atoms with van der Waals surface area (Å²) in [5.74, 6) is 2.33. The highest BCUT2D eigenvalue weighted by atomic mass is 32.2. The average Bonchev–Trinajstić information content (AvgIpc) is 3.03. The molecule has 1 aromatic carbocycles. The fourth-order valence-corrected chi connectivity index (χ4v) is 3.63. The Morgan fingerprint density at radius 1 is 1.26 bits per heavy atom. The molecule has 1 atom stereocenters. The van der Waals surface area contributed by atoms with Gasteiger partial charge in [-0.2, -0.15) is 0 Å². The van der Waals surface area contributed by atoms with E-state index in [1.807, 2.05) is 6.07 Å². The Bertz CT molecular complexity index is 591. The summed E-state index contributed by atoms with van der Waals surface area (Å²) in [5, 5.41) is 0. The minimum atomic E-state index is -0.373. The third-order valence-electron chi connectivity index (χ3n) is 3.73. The van der Waals surface area contributed by atoms with Gasteiger partial charge in [0.25, 0.3) is 0 Å². The molecule has 0 spiro atoms. The van der Waals surface area contributed by atoms with Gasteiger partial charge in [-0.3, -0.25) is 9.59 Å². The maximum absolute atomic E-state index is 12.6. The topological polar surface area (TPSA) is 59.1 Å². The summed E-state index contributed by atoms with van der Waals surface area (Å²) in [7, 11) is 6.55. The molecule has 23 heavy (non-hydrogen) atoms. The van der Waals surface area contributed by atoms with Crippen molar-refractivity contribution in [3.05, 3.63) is 23.8 Å². The van der Waals surface area contributed by atoms with Gasteiger partial charge < -0.3 is 19.3 Å². The Kier molecular flexibility index (Phi) is 5.76. The number of thioether (sulfide) groups is 1. The zero-order chi connectivity index (χ0) is 17.0. The number of hydrogen-bond acceptors (Lipinski definition) is 5. The van der Waals surface area contributed by atoms with Gasteiger partial charge in [0.05, 0.1) is 26.5 Å². The molecule has 1 saturated heterocycles. The number of rotatable bonds is 5. The van der Waals surface area contributed by atoms with E-state index in [0.29, 0.717) is 23.1 Å². The molecule has 1 fully saturated rings. The van der Waals surface area contributed by atoms with Crippen LogP contribution in [0.25, 0.3) is 0 Å². The highest BCUT2D eigenvalue weighted by molar-refractivity contribution is 7.99. The molecule has 0 aliphatic carbocycles. The maximum Gasteiger partial charge on any atom is 0.245 e. The number of methoxy groups -OCH3 is 2. The van der Waals surface area contributed by atoms with Crippen LogP contribution < -0.4 is 9.47 Å². The number of carbonyl (C=O) groups is 2. The number of amides is 2. The Morgan fingerprint density at radius 3 is 2.57 bits per heavy atom. The fraction of sp³-hybridized carbons (Fsp3) is 0.500. The molecular weight excluding hydrogens is 316 g/mol. The Hall–Kier alpha value is -1.89. The molecule has 0 radical (unpaired) electrons. The molecular formula is C16H22N2O4S. The second-order valence-corrected chi connectivity index (χ2v) is 6.48. The van der Waals surface area contributed by atoms with Gasteiger partial charge in [-0.05, 0) is 17.7 Å². The van der Waals surface area contributed by atoms with Gasteiger partial charge in [-0.15, -0.1) is 11.8 Å². The van der Waals surface area contributed by atoms with Crippen molar-refractivity contribution in [3.8, 4) is 11.5 Å². The first-order chi connectivity index (χ1) is 11.0. The van der Waals surface area contributed by atoms with E-state index in [1.54, 1.807) is 57.1 Å². The molecule has 0 aromatic heterocycles. The highest BCUT2D eigenvalue weighted by Crippen LogP contribution is 2.29. The van der Waals surface area contributed by atoms with E-state index in [1.165, 1.54) is 4.90 Å². The molecule has 1 aromatic rings. The zero-order valence-corrected chi connectivity index (χ0v) is 14.7. The normalized spacial score (nSPS) is 17.0. The van der Waals surface area contributed by atoms with Crippen LogP contribution in [-0.2, 0) is 16.0 Å². The lowest BCUT2D eigenvalue weighted by Gasteiger charge is -2.25. The third kappa shape index (κ3) is 3.90. The molecule has 1 aliphatic rings. The second-order valence-electron chi connectivity index (χ2n) is 5.48. The van der Waals surface area contributed by atoms with Gasteiger partial charge in [0, 0.05) is 19.8 Å². The summed E-state index contributed by atoms with van der Waals surface area (Å²) in [6, 6.07) is 5.04. The summed E-state index contributed by atoms with van der Waals surface area (Å²) >= 11 is 1.60. The van der Waals surface area contributed by atoms with Crippen LogP contribution in [0.3, 0.4) is 0 Å². The van der Waals surface area contributed by atoms with E-state index in [4.69, 9.17) is 9.47 Å². The fourth-order valence-electron chi connectivity index (χ4n) is 2.46. The number of hydrogen-bond donors (Lipinski definition) is 0. The molecule has 0 bridgehead atoms. The van der Waals surface area contributed by atoms with E-state index >= 15 is 0 Å². The molecule has 1 heterocycles. The summed E-state index contributed by atoms with van der Waals surface area (Å²) < 4.78 is 10.5. The molecule has 126 valence electrons. The second kappa shape index (κ2) is 7.59. The lowest BCUT2D eigenvalue weighted by Crippen LogP contribution is -2.47. The Balaban J connectivity index is 2.11. The van der Waals surface area contributed by atoms with Crippen LogP contribution in [0.5, 0.6) is 11.5 Å². The van der Waals surface area contributed by atoms with E-state index in [-0.39, 0.29) is 24.3 Å². The van der Waals surface area contributed by atoms with Gasteiger partial charge in [-0.25, -0.2) is 0 Å². The number of benzene rings is 1. The SMILES string of the molecule is COc1ccc(CC(=O)N2CSC[C@H]2C(=O)N(C)C)cc1OC. The summed E-state index contributed by atoms with van der Waals surface area (Å²) in [4.78, 5) is 27.9. The van der Waals surface area contributed by atoms with Crippen LogP contribution in [0, 0.1) is 0 Å². The molecule has 6 nitrogen and oxygen atoms in total. The monoisotopic (exact) mass is 338 g/mol. The van der Waals surface area contributed by atoms with Crippen molar-refractivity contribution >= 4 is 23.6 Å². The van der Waals surface area contributed by atoms with E-state index in [9.17, 15) is 9.59 Å². The van der Waals surface area contributed by atoms with Crippen molar-refractivity contribution in [1.82, 2.24) is 9.80 Å². The quantitative estimate of drug-likeness (QED) is 0.808. The van der Waals surface area contributed by atoms with Crippen molar-refractivity contribution < 1.29 is 19.1 Å². The zero-order valence-electron chi connectivity index (χ0n) is 13.9. The predicted octanol–water partition coefficient (Wildman–Crippen LogP) is 1.24. The van der Waals surface area contributed by atoms with Crippen molar-refractivity contribution in [2.75, 3.05) is 39.9 Å². The van der Waals surface area contributed by atoms with Gasteiger partial charge in [-0.1, -0.05) is 6.07 Å². The standard InChI is InChI=1S/C16H22N2O4S/c1-17(2)16(20)12-9-23-10-18(12)15(19)8-11-5-6-13(21-3)14(7-11)22-4/h5-7,12H,8-10H2,1-4H3/t12-/m0/s1. The Morgan fingerprint density at radius 2 is 1.96 bits per heavy atom. The summed E-state index contributed by atoms with van der Waals surface area (Å²) in [6.07, 6.45) is 0.234. The number of nitrogens with zero attached hydrogens (tertiary/aromatic N) is 2. The first-order valence-corrected chi connectivity index (χ1v) is 8.42. The minimum Gasteiger partial charge on any atom is -0.493 e. The van der Waals surface area contributed by atoms with Gasteiger partial charge >= 0.3 is 0 Å². The van der Waals surface area contributed by atoms with Crippen LogP contribution in [0.1, 0.15) is 5.56 Å². The van der Waals surface area contributed by atoms with E-state index in [0.717, 1.165) is 5.56 Å². The van der Waals surface area contributed by atoms with Gasteiger partial charge in [0.1, 0.15) is 6.04 Å². The molecule has 0 N–H and O–H groups in total. The first-order valence-electron chi connectivity index (χ1n) is 7.27. The number of likely N-dealkylation sites (N-methyl/N-ethyl adjacent to an activating group) is 1. The minimum absolute atomic E-state index is 0.0318. The summed E-state index contributed by atoms with van der Waals surface area (Å²) in [5.41, 5.74) is 0.834. The van der Waals surface area contributed by atoms with Crippen LogP contribution in [-0.4, -0.2) is 67.6 Å². The molecule has 2 amide bonds. The number of ether oxygens (including phenoxy) is 2. The summed E-state index contributed by atoms with van der Waals surface area (Å²) in [6.45, 7) is 0. The third-order valence-corrected chi connectivity index (χ3v) is 4.74. The molecule has 2 rings (SSSR count). The van der Waals surface area contributed by atoms with Crippen LogP contribution in [0.2, 0.25) is 0 Å². The van der Waals surface area contributed by atoms with Crippen LogP contribution >= 0.6 is 11.8 Å². The highest BCUT2D eigenvalue weighted by Gasteiger charge is 2.35. The van der Waals surface area contributed by atoms with Gasteiger partial charge in [0.15, 0.2) is 11.5 Å². The van der Waals surface area contributed by atoms with Crippen molar-refractivity contribution in [3.63, 3.8) is 0 Å². The molecule has 0 saturated carbocycles. The largest absolute Gasteiger partial charge is 0.493 e. The van der Waals surface area contributed by atoms with E-state index in [2.05, 4.69) is 0 Å². The Labute approximate surface area is 140 Å². The molecule has 0 unspecified atom stereocenters. The van der Waals surface area contributed by atoms with Gasteiger partial charge in [0.2, 0.25) is 11.8 Å². The average molecular weight is 338 g/mol. The van der Waals surface area contributed by atoms with Crippen LogP contribution in [0.15, 0.2) is 18.2 Å². The number of carbonyl (C=O) groups excluding carboxylic acids is 2. The predicted molar refractivity (Wildman–Crippen MR) is 89.9 cm³/mol. The molecule has 1 aliphatic heterocycles. The smallest absolute Gasteiger partial charge is 0.245 e. The van der Waals surface area contributed by atoms with Crippen molar-refractivity contribution in [1.29, 1.82) is 0 Å². The maximum atomic E-state index is 12.6.